The first-order valence-corrected chi connectivity index (χ1v) is 11.1. The Kier molecular flexibility index (Phi) is 6.58. The van der Waals surface area contributed by atoms with Crippen molar-refractivity contribution in [2.75, 3.05) is 85.1 Å². The lowest BCUT2D eigenvalue weighted by Crippen LogP contribution is -2.54. The van der Waals surface area contributed by atoms with Crippen LogP contribution in [-0.2, 0) is 14.3 Å². The first-order chi connectivity index (χ1) is 14.1. The molecular weight excluding hydrogens is 374 g/mol. The number of piperazine rings is 1. The molecule has 0 aromatic carbocycles. The molecule has 1 N–H and O–H groups in total. The largest absolute Gasteiger partial charge is 0.441 e. The Balaban J connectivity index is 1.22. The van der Waals surface area contributed by atoms with Crippen LogP contribution < -0.4 is 5.32 Å². The van der Waals surface area contributed by atoms with E-state index in [1.165, 1.54) is 0 Å². The highest BCUT2D eigenvalue weighted by atomic mass is 16.6. The standard InChI is InChI=1S/C20H35N5O4/c1-2-22-8-10-23(11-9-22)12-13-25-16-20(29-19(25)27)3-6-24(7-4-20)18(26)17-15-21-5-14-28-17/h17,21H,2-16H2,1H3. The van der Waals surface area contributed by atoms with Crippen LogP contribution in [0.25, 0.3) is 0 Å². The molecule has 4 rings (SSSR count). The van der Waals surface area contributed by atoms with Crippen molar-refractivity contribution in [1.82, 2.24) is 24.9 Å². The van der Waals surface area contributed by atoms with E-state index in [4.69, 9.17) is 9.47 Å². The number of nitrogens with one attached hydrogen (secondary N) is 1. The van der Waals surface area contributed by atoms with Crippen LogP contribution in [0.1, 0.15) is 19.8 Å². The lowest BCUT2D eigenvalue weighted by atomic mass is 9.91. The molecule has 1 atom stereocenters. The van der Waals surface area contributed by atoms with E-state index in [0.29, 0.717) is 45.6 Å². The summed E-state index contributed by atoms with van der Waals surface area (Å²) in [5.74, 6) is 0.0550. The Bertz CT molecular complexity index is 581. The maximum atomic E-state index is 12.6. The van der Waals surface area contributed by atoms with Crippen LogP contribution in [0.5, 0.6) is 0 Å². The number of ether oxygens (including phenoxy) is 2. The summed E-state index contributed by atoms with van der Waals surface area (Å²) in [5.41, 5.74) is -0.430. The average Bonchev–Trinajstić information content (AvgIpc) is 3.08. The van der Waals surface area contributed by atoms with Gasteiger partial charge in [-0.05, 0) is 6.54 Å². The number of nitrogens with zero attached hydrogens (tertiary/aromatic N) is 4. The second-order valence-corrected chi connectivity index (χ2v) is 8.64. The number of carbonyl (C=O) groups is 2. The molecule has 4 heterocycles. The number of carbonyl (C=O) groups excluding carboxylic acids is 2. The molecule has 0 radical (unpaired) electrons. The zero-order chi connectivity index (χ0) is 20.3. The summed E-state index contributed by atoms with van der Waals surface area (Å²) < 4.78 is 11.4. The minimum absolute atomic E-state index is 0.0550. The monoisotopic (exact) mass is 409 g/mol. The number of piperidine rings is 1. The van der Waals surface area contributed by atoms with Crippen molar-refractivity contribution in [3.63, 3.8) is 0 Å². The molecule has 9 heteroatoms. The minimum atomic E-state index is -0.430. The molecule has 0 bridgehead atoms. The second kappa shape index (κ2) is 9.16. The second-order valence-electron chi connectivity index (χ2n) is 8.64. The molecule has 0 aromatic heterocycles. The number of morpholine rings is 1. The zero-order valence-corrected chi connectivity index (χ0v) is 17.6. The van der Waals surface area contributed by atoms with Gasteiger partial charge in [-0.15, -0.1) is 0 Å². The van der Waals surface area contributed by atoms with E-state index in [-0.39, 0.29) is 18.1 Å². The van der Waals surface area contributed by atoms with Crippen LogP contribution in [0.2, 0.25) is 0 Å². The van der Waals surface area contributed by atoms with Gasteiger partial charge >= 0.3 is 6.09 Å². The zero-order valence-electron chi connectivity index (χ0n) is 17.6. The lowest BCUT2D eigenvalue weighted by Gasteiger charge is -2.39. The maximum absolute atomic E-state index is 12.6. The summed E-state index contributed by atoms with van der Waals surface area (Å²) in [6.45, 7) is 13.1. The summed E-state index contributed by atoms with van der Waals surface area (Å²) in [5, 5.41) is 3.21. The van der Waals surface area contributed by atoms with E-state index >= 15 is 0 Å². The number of rotatable bonds is 5. The number of likely N-dealkylation sites (N-methyl/N-ethyl adjacent to an activating group) is 1. The van der Waals surface area contributed by atoms with Crippen LogP contribution in [-0.4, -0.2) is 128 Å². The van der Waals surface area contributed by atoms with Crippen LogP contribution in [0.15, 0.2) is 0 Å². The Hall–Kier alpha value is -1.42. The van der Waals surface area contributed by atoms with Crippen molar-refractivity contribution in [3.8, 4) is 0 Å². The minimum Gasteiger partial charge on any atom is -0.441 e. The van der Waals surface area contributed by atoms with Crippen molar-refractivity contribution >= 4 is 12.0 Å². The highest BCUT2D eigenvalue weighted by Crippen LogP contribution is 2.33. The van der Waals surface area contributed by atoms with E-state index in [1.807, 2.05) is 9.80 Å². The highest BCUT2D eigenvalue weighted by molar-refractivity contribution is 5.81. The average molecular weight is 410 g/mol. The normalized spacial score (nSPS) is 28.7. The third-order valence-corrected chi connectivity index (χ3v) is 6.83. The van der Waals surface area contributed by atoms with Gasteiger partial charge in [0.2, 0.25) is 0 Å². The van der Waals surface area contributed by atoms with E-state index in [9.17, 15) is 9.59 Å². The predicted molar refractivity (Wildman–Crippen MR) is 108 cm³/mol. The Labute approximate surface area is 173 Å². The fourth-order valence-electron chi connectivity index (χ4n) is 4.78. The summed E-state index contributed by atoms with van der Waals surface area (Å²) in [6.07, 6.45) is 0.831. The molecule has 1 spiro atoms. The van der Waals surface area contributed by atoms with E-state index in [2.05, 4.69) is 22.0 Å². The molecule has 1 unspecified atom stereocenters. The quantitative estimate of drug-likeness (QED) is 0.651. The maximum Gasteiger partial charge on any atom is 0.410 e. The van der Waals surface area contributed by atoms with Crippen LogP contribution in [0.3, 0.4) is 0 Å². The molecule has 0 aromatic rings. The molecule has 4 aliphatic rings. The smallest absolute Gasteiger partial charge is 0.410 e. The van der Waals surface area contributed by atoms with Gasteiger partial charge in [-0.1, -0.05) is 6.92 Å². The van der Waals surface area contributed by atoms with Crippen LogP contribution in [0, 0.1) is 0 Å². The van der Waals surface area contributed by atoms with Crippen LogP contribution in [0.4, 0.5) is 4.79 Å². The third kappa shape index (κ3) is 4.84. The summed E-state index contributed by atoms with van der Waals surface area (Å²) in [6, 6.07) is 0. The fraction of sp³-hybridized carbons (Fsp3) is 0.900. The van der Waals surface area contributed by atoms with Crippen LogP contribution >= 0.6 is 0 Å². The number of amides is 2. The van der Waals surface area contributed by atoms with E-state index < -0.39 is 5.60 Å². The molecule has 2 amide bonds. The summed E-state index contributed by atoms with van der Waals surface area (Å²) >= 11 is 0. The molecular formula is C20H35N5O4. The third-order valence-electron chi connectivity index (χ3n) is 6.83. The van der Waals surface area contributed by atoms with Gasteiger partial charge in [-0.3, -0.25) is 9.69 Å². The van der Waals surface area contributed by atoms with Crippen molar-refractivity contribution in [3.05, 3.63) is 0 Å². The molecule has 29 heavy (non-hydrogen) atoms. The van der Waals surface area contributed by atoms with Gasteiger partial charge in [-0.2, -0.15) is 0 Å². The van der Waals surface area contributed by atoms with Gasteiger partial charge in [0.25, 0.3) is 5.91 Å². The molecule has 164 valence electrons. The van der Waals surface area contributed by atoms with Crippen molar-refractivity contribution in [2.24, 2.45) is 0 Å². The number of hydrogen-bond acceptors (Lipinski definition) is 7. The van der Waals surface area contributed by atoms with Gasteiger partial charge < -0.3 is 29.5 Å². The van der Waals surface area contributed by atoms with Crippen molar-refractivity contribution < 1.29 is 19.1 Å². The lowest BCUT2D eigenvalue weighted by molar-refractivity contribution is -0.148. The molecule has 4 fully saturated rings. The van der Waals surface area contributed by atoms with Gasteiger partial charge in [-0.25, -0.2) is 4.79 Å². The Morgan fingerprint density at radius 1 is 1.10 bits per heavy atom. The van der Waals surface area contributed by atoms with E-state index in [1.54, 1.807) is 0 Å². The van der Waals surface area contributed by atoms with E-state index in [0.717, 1.165) is 52.4 Å². The highest BCUT2D eigenvalue weighted by Gasteiger charge is 2.47. The Morgan fingerprint density at radius 3 is 2.48 bits per heavy atom. The van der Waals surface area contributed by atoms with Gasteiger partial charge in [0, 0.05) is 78.3 Å². The Morgan fingerprint density at radius 2 is 1.83 bits per heavy atom. The van der Waals surface area contributed by atoms with Gasteiger partial charge in [0.05, 0.1) is 13.2 Å². The topological polar surface area (TPSA) is 77.6 Å². The van der Waals surface area contributed by atoms with Crippen molar-refractivity contribution in [2.45, 2.75) is 31.5 Å². The first-order valence-electron chi connectivity index (χ1n) is 11.1. The van der Waals surface area contributed by atoms with Gasteiger partial charge in [0.15, 0.2) is 0 Å². The molecule has 9 nitrogen and oxygen atoms in total. The van der Waals surface area contributed by atoms with Crippen molar-refractivity contribution in [1.29, 1.82) is 0 Å². The number of hydrogen-bond donors (Lipinski definition) is 1. The first kappa shape index (κ1) is 20.8. The predicted octanol–water partition coefficient (Wildman–Crippen LogP) is -0.574. The summed E-state index contributed by atoms with van der Waals surface area (Å²) in [7, 11) is 0. The molecule has 4 aliphatic heterocycles. The fourth-order valence-corrected chi connectivity index (χ4v) is 4.78. The number of likely N-dealkylation sites (tertiary alicyclic amines) is 1. The SMILES string of the molecule is CCN1CCN(CCN2CC3(CCN(C(=O)C4CNCCO4)CC3)OC2=O)CC1. The summed E-state index contributed by atoms with van der Waals surface area (Å²) in [4.78, 5) is 33.7. The molecule has 0 saturated carbocycles. The molecule has 4 saturated heterocycles. The molecule has 0 aliphatic carbocycles. The van der Waals surface area contributed by atoms with Gasteiger partial charge in [0.1, 0.15) is 11.7 Å².